The first-order chi connectivity index (χ1) is 9.13. The summed E-state index contributed by atoms with van der Waals surface area (Å²) in [6.07, 6.45) is 2.47. The van der Waals surface area contributed by atoms with E-state index in [9.17, 15) is 9.90 Å². The molecule has 2 N–H and O–H groups in total. The maximum Gasteiger partial charge on any atom is 0.326 e. The molecule has 0 amide bonds. The average molecular weight is 261 g/mol. The first-order valence-electron chi connectivity index (χ1n) is 6.54. The van der Waals surface area contributed by atoms with E-state index in [2.05, 4.69) is 10.3 Å². The summed E-state index contributed by atoms with van der Waals surface area (Å²) in [4.78, 5) is 15.7. The zero-order valence-corrected chi connectivity index (χ0v) is 11.3. The molecule has 0 aliphatic rings. The van der Waals surface area contributed by atoms with Crippen LogP contribution in [-0.2, 0) is 11.8 Å². The number of nitrogens with zero attached hydrogens (tertiary/aromatic N) is 2. The van der Waals surface area contributed by atoms with Gasteiger partial charge in [-0.25, -0.2) is 9.78 Å². The van der Waals surface area contributed by atoms with E-state index in [0.29, 0.717) is 12.4 Å². The number of fused-ring (bicyclic) bond motifs is 1. The summed E-state index contributed by atoms with van der Waals surface area (Å²) >= 11 is 0. The fraction of sp³-hybridized carbons (Fsp3) is 0.429. The van der Waals surface area contributed by atoms with Crippen LogP contribution in [0, 0.1) is 0 Å². The van der Waals surface area contributed by atoms with Gasteiger partial charge in [-0.15, -0.1) is 0 Å². The number of aromatic nitrogens is 2. The molecule has 2 aromatic rings. The monoisotopic (exact) mass is 261 g/mol. The number of carboxylic acid groups (broad SMARTS) is 1. The van der Waals surface area contributed by atoms with Crippen molar-refractivity contribution < 1.29 is 9.90 Å². The Hall–Kier alpha value is -2.04. The van der Waals surface area contributed by atoms with Crippen LogP contribution in [0.25, 0.3) is 11.0 Å². The molecule has 1 atom stereocenters. The van der Waals surface area contributed by atoms with Crippen LogP contribution in [0.1, 0.15) is 26.2 Å². The number of nitrogens with one attached hydrogen (secondary N) is 1. The molecular formula is C14H19N3O2. The minimum Gasteiger partial charge on any atom is -0.480 e. The number of carbonyl (C=O) groups is 1. The highest BCUT2D eigenvalue weighted by atomic mass is 16.4. The fourth-order valence-electron chi connectivity index (χ4n) is 2.10. The third kappa shape index (κ3) is 2.86. The molecule has 102 valence electrons. The van der Waals surface area contributed by atoms with Gasteiger partial charge in [0.05, 0.1) is 11.0 Å². The number of aliphatic carboxylic acids is 1. The smallest absolute Gasteiger partial charge is 0.326 e. The van der Waals surface area contributed by atoms with Gasteiger partial charge in [-0.05, 0) is 18.6 Å². The lowest BCUT2D eigenvalue weighted by molar-refractivity contribution is -0.138. The zero-order valence-electron chi connectivity index (χ0n) is 11.3. The van der Waals surface area contributed by atoms with Gasteiger partial charge < -0.3 is 15.0 Å². The summed E-state index contributed by atoms with van der Waals surface area (Å²) < 4.78 is 1.89. The lowest BCUT2D eigenvalue weighted by Gasteiger charge is -2.14. The Morgan fingerprint density at radius 2 is 2.21 bits per heavy atom. The molecule has 0 saturated heterocycles. The first kappa shape index (κ1) is 13.4. The maximum absolute atomic E-state index is 11.2. The topological polar surface area (TPSA) is 67.2 Å². The molecule has 0 aliphatic heterocycles. The average Bonchev–Trinajstić information content (AvgIpc) is 2.71. The van der Waals surface area contributed by atoms with Gasteiger partial charge >= 0.3 is 5.97 Å². The molecule has 1 aromatic heterocycles. The molecule has 0 unspecified atom stereocenters. The molecule has 5 nitrogen and oxygen atoms in total. The number of anilines is 1. The van der Waals surface area contributed by atoms with Crippen molar-refractivity contribution in [2.24, 2.45) is 7.05 Å². The highest BCUT2D eigenvalue weighted by molar-refractivity contribution is 5.81. The molecule has 5 heteroatoms. The summed E-state index contributed by atoms with van der Waals surface area (Å²) in [7, 11) is 1.89. The van der Waals surface area contributed by atoms with E-state index in [0.717, 1.165) is 23.9 Å². The molecule has 0 bridgehead atoms. The van der Waals surface area contributed by atoms with Crippen LogP contribution < -0.4 is 5.32 Å². The second kappa shape index (κ2) is 5.73. The van der Waals surface area contributed by atoms with Crippen LogP contribution >= 0.6 is 0 Å². The number of carboxylic acids is 1. The van der Waals surface area contributed by atoms with Crippen molar-refractivity contribution in [3.05, 3.63) is 24.3 Å². The summed E-state index contributed by atoms with van der Waals surface area (Å²) in [5.41, 5.74) is 1.86. The Bertz CT molecular complexity index is 577. The number of imidazole rings is 1. The van der Waals surface area contributed by atoms with Crippen molar-refractivity contribution in [3.8, 4) is 0 Å². The third-order valence-electron chi connectivity index (χ3n) is 3.23. The molecule has 0 aliphatic carbocycles. The predicted octanol–water partition coefficient (Wildman–Crippen LogP) is 2.63. The molecule has 0 fully saturated rings. The Labute approximate surface area is 112 Å². The molecule has 2 rings (SSSR count). The first-order valence-corrected chi connectivity index (χ1v) is 6.54. The lowest BCUT2D eigenvalue weighted by Crippen LogP contribution is -2.30. The minimum atomic E-state index is -0.833. The zero-order chi connectivity index (χ0) is 13.8. The Kier molecular flexibility index (Phi) is 4.04. The fourth-order valence-corrected chi connectivity index (χ4v) is 2.10. The number of unbranched alkanes of at least 4 members (excludes halogenated alkanes) is 1. The number of aryl methyl sites for hydroxylation is 1. The van der Waals surface area contributed by atoms with Crippen molar-refractivity contribution >= 4 is 23.0 Å². The van der Waals surface area contributed by atoms with Crippen LogP contribution in [0.15, 0.2) is 24.3 Å². The van der Waals surface area contributed by atoms with Gasteiger partial charge in [-0.1, -0.05) is 31.9 Å². The number of benzene rings is 1. The second-order valence-corrected chi connectivity index (χ2v) is 4.66. The summed E-state index contributed by atoms with van der Waals surface area (Å²) in [6, 6.07) is 7.16. The van der Waals surface area contributed by atoms with Crippen molar-refractivity contribution in [1.82, 2.24) is 9.55 Å². The Morgan fingerprint density at radius 3 is 2.84 bits per heavy atom. The van der Waals surface area contributed by atoms with Crippen molar-refractivity contribution in [2.45, 2.75) is 32.2 Å². The normalized spacial score (nSPS) is 12.5. The molecule has 0 saturated carbocycles. The minimum absolute atomic E-state index is 0.588. The molecule has 1 aromatic carbocycles. The van der Waals surface area contributed by atoms with E-state index < -0.39 is 12.0 Å². The quantitative estimate of drug-likeness (QED) is 0.838. The molecule has 0 radical (unpaired) electrons. The van der Waals surface area contributed by atoms with Crippen molar-refractivity contribution in [2.75, 3.05) is 5.32 Å². The summed E-state index contributed by atoms with van der Waals surface area (Å²) in [6.45, 7) is 2.05. The van der Waals surface area contributed by atoms with Gasteiger partial charge in [0, 0.05) is 7.05 Å². The van der Waals surface area contributed by atoms with E-state index in [1.165, 1.54) is 0 Å². The number of para-hydroxylation sites is 2. The van der Waals surface area contributed by atoms with Crippen molar-refractivity contribution in [3.63, 3.8) is 0 Å². The molecule has 0 spiro atoms. The maximum atomic E-state index is 11.2. The summed E-state index contributed by atoms with van der Waals surface area (Å²) in [5, 5.41) is 12.3. The van der Waals surface area contributed by atoms with Gasteiger partial charge in [0.1, 0.15) is 6.04 Å². The van der Waals surface area contributed by atoms with Crippen LogP contribution in [0.4, 0.5) is 5.95 Å². The SMILES string of the molecule is CCCC[C@H](Nc1nc2ccccc2n1C)C(=O)O. The highest BCUT2D eigenvalue weighted by Gasteiger charge is 2.19. The van der Waals surface area contributed by atoms with E-state index in [4.69, 9.17) is 0 Å². The van der Waals surface area contributed by atoms with E-state index in [1.807, 2.05) is 42.8 Å². The van der Waals surface area contributed by atoms with Gasteiger partial charge in [0.2, 0.25) is 5.95 Å². The van der Waals surface area contributed by atoms with E-state index in [1.54, 1.807) is 0 Å². The number of hydrogen-bond acceptors (Lipinski definition) is 3. The predicted molar refractivity (Wildman–Crippen MR) is 75.3 cm³/mol. The standard InChI is InChI=1S/C14H19N3O2/c1-3-4-7-11(13(18)19)16-14-15-10-8-5-6-9-12(10)17(14)2/h5-6,8-9,11H,3-4,7H2,1-2H3,(H,15,16)(H,18,19)/t11-/m0/s1. The van der Waals surface area contributed by atoms with E-state index in [-0.39, 0.29) is 0 Å². The third-order valence-corrected chi connectivity index (χ3v) is 3.23. The van der Waals surface area contributed by atoms with Gasteiger partial charge in [-0.3, -0.25) is 0 Å². The van der Waals surface area contributed by atoms with E-state index >= 15 is 0 Å². The summed E-state index contributed by atoms with van der Waals surface area (Å²) in [5.74, 6) is -0.231. The Morgan fingerprint density at radius 1 is 1.47 bits per heavy atom. The Balaban J connectivity index is 2.23. The van der Waals surface area contributed by atoms with Gasteiger partial charge in [0.15, 0.2) is 0 Å². The van der Waals surface area contributed by atoms with Crippen LogP contribution in [0.3, 0.4) is 0 Å². The number of hydrogen-bond donors (Lipinski definition) is 2. The van der Waals surface area contributed by atoms with Crippen LogP contribution in [0.5, 0.6) is 0 Å². The second-order valence-electron chi connectivity index (χ2n) is 4.66. The largest absolute Gasteiger partial charge is 0.480 e. The molecule has 19 heavy (non-hydrogen) atoms. The molecule has 1 heterocycles. The highest BCUT2D eigenvalue weighted by Crippen LogP contribution is 2.19. The molecular weight excluding hydrogens is 242 g/mol. The lowest BCUT2D eigenvalue weighted by atomic mass is 10.1. The van der Waals surface area contributed by atoms with Crippen LogP contribution in [0.2, 0.25) is 0 Å². The van der Waals surface area contributed by atoms with Gasteiger partial charge in [0.25, 0.3) is 0 Å². The van der Waals surface area contributed by atoms with Crippen molar-refractivity contribution in [1.29, 1.82) is 0 Å². The van der Waals surface area contributed by atoms with Crippen LogP contribution in [-0.4, -0.2) is 26.7 Å². The number of rotatable bonds is 6. The van der Waals surface area contributed by atoms with Gasteiger partial charge in [-0.2, -0.15) is 0 Å².